The summed E-state index contributed by atoms with van der Waals surface area (Å²) in [7, 11) is 0. The van der Waals surface area contributed by atoms with Gasteiger partial charge in [-0.1, -0.05) is 0 Å². The Labute approximate surface area is 98.4 Å². The molecule has 0 aromatic carbocycles. The lowest BCUT2D eigenvalue weighted by Gasteiger charge is -2.11. The molecule has 2 aromatic rings. The number of rotatable bonds is 6. The summed E-state index contributed by atoms with van der Waals surface area (Å²) in [4.78, 5) is 14.2. The molecule has 0 aliphatic carbocycles. The molecule has 0 aliphatic rings. The molecule has 84 valence electrons. The van der Waals surface area contributed by atoms with Crippen LogP contribution in [0.1, 0.15) is 11.9 Å². The third-order valence-corrected chi connectivity index (χ3v) is 3.01. The van der Waals surface area contributed by atoms with Gasteiger partial charge in [-0.2, -0.15) is 0 Å². The van der Waals surface area contributed by atoms with Crippen molar-refractivity contribution in [3.63, 3.8) is 0 Å². The molecule has 2 rings (SSSR count). The van der Waals surface area contributed by atoms with Crippen LogP contribution in [0.3, 0.4) is 0 Å². The lowest BCUT2D eigenvalue weighted by atomic mass is 10.3. The zero-order valence-electron chi connectivity index (χ0n) is 7.90. The van der Waals surface area contributed by atoms with E-state index in [0.29, 0.717) is 11.6 Å². The quantitative estimate of drug-likeness (QED) is 0.591. The van der Waals surface area contributed by atoms with Crippen LogP contribution in [0, 0.1) is 4.91 Å². The zero-order valence-corrected chi connectivity index (χ0v) is 9.53. The molecule has 2 aromatic heterocycles. The van der Waals surface area contributed by atoms with Crippen LogP contribution in [0.2, 0.25) is 0 Å². The molecule has 2 N–H and O–H groups in total. The van der Waals surface area contributed by atoms with Gasteiger partial charge in [0.05, 0.1) is 0 Å². The first kappa shape index (κ1) is 11.0. The van der Waals surface area contributed by atoms with E-state index in [1.165, 1.54) is 11.3 Å². The van der Waals surface area contributed by atoms with Gasteiger partial charge in [0.25, 0.3) is 0 Å². The van der Waals surface area contributed by atoms with Crippen LogP contribution >= 0.6 is 23.3 Å². The van der Waals surface area contributed by atoms with Gasteiger partial charge in [-0.15, -0.1) is 21.3 Å². The van der Waals surface area contributed by atoms with Crippen LogP contribution in [-0.2, 0) is 0 Å². The fourth-order valence-electron chi connectivity index (χ4n) is 1.05. The number of tetrazole rings is 1. The summed E-state index contributed by atoms with van der Waals surface area (Å²) < 4.78 is 2.74. The van der Waals surface area contributed by atoms with E-state index in [2.05, 4.69) is 35.5 Å². The molecule has 8 nitrogen and oxygen atoms in total. The first-order valence-corrected chi connectivity index (χ1v) is 6.06. The van der Waals surface area contributed by atoms with Crippen molar-refractivity contribution in [3.8, 4) is 0 Å². The van der Waals surface area contributed by atoms with Crippen LogP contribution in [0.5, 0.6) is 0 Å². The number of H-pyrrole nitrogens is 1. The van der Waals surface area contributed by atoms with Crippen LogP contribution in [0.4, 0.5) is 5.13 Å². The topological polar surface area (TPSA) is 109 Å². The largest absolute Gasteiger partial charge is 0.351 e. The summed E-state index contributed by atoms with van der Waals surface area (Å²) in [6.07, 6.45) is 1.69. The molecule has 0 spiro atoms. The summed E-state index contributed by atoms with van der Waals surface area (Å²) in [5.41, 5.74) is 0. The van der Waals surface area contributed by atoms with Crippen LogP contribution in [0.15, 0.2) is 16.2 Å². The standard InChI is InChI=1S/C6H7N7OS2/c14-13-16-3-4(5-9-11-12-10-5)8-6-7-1-2-15-6/h1-2,4H,3H2,(H,7,8)(H,9,10,11,12)/t4-/m0/s1. The number of aromatic amines is 1. The van der Waals surface area contributed by atoms with E-state index in [4.69, 9.17) is 0 Å². The summed E-state index contributed by atoms with van der Waals surface area (Å²) >= 11 is 2.36. The van der Waals surface area contributed by atoms with Gasteiger partial charge in [-0.3, -0.25) is 0 Å². The lowest BCUT2D eigenvalue weighted by molar-refractivity contribution is 0.802. The van der Waals surface area contributed by atoms with Gasteiger partial charge < -0.3 is 5.32 Å². The second kappa shape index (κ2) is 5.51. The molecule has 0 unspecified atom stereocenters. The summed E-state index contributed by atoms with van der Waals surface area (Å²) in [5, 5.41) is 19.1. The fraction of sp³-hybridized carbons (Fsp3) is 0.333. The van der Waals surface area contributed by atoms with Crippen molar-refractivity contribution in [2.24, 2.45) is 4.58 Å². The van der Waals surface area contributed by atoms with E-state index in [-0.39, 0.29) is 6.04 Å². The maximum absolute atomic E-state index is 10.1. The van der Waals surface area contributed by atoms with Gasteiger partial charge in [-0.05, 0) is 10.4 Å². The molecule has 1 atom stereocenters. The molecular formula is C6H7N7OS2. The van der Waals surface area contributed by atoms with Gasteiger partial charge in [0.15, 0.2) is 11.0 Å². The van der Waals surface area contributed by atoms with Crippen molar-refractivity contribution in [1.29, 1.82) is 0 Å². The highest BCUT2D eigenvalue weighted by atomic mass is 32.2. The number of anilines is 1. The van der Waals surface area contributed by atoms with Crippen molar-refractivity contribution in [3.05, 3.63) is 22.3 Å². The minimum Gasteiger partial charge on any atom is -0.351 e. The van der Waals surface area contributed by atoms with Crippen molar-refractivity contribution < 1.29 is 0 Å². The van der Waals surface area contributed by atoms with E-state index in [0.717, 1.165) is 17.1 Å². The molecule has 0 amide bonds. The molecule has 0 bridgehead atoms. The van der Waals surface area contributed by atoms with Crippen LogP contribution in [-0.4, -0.2) is 31.4 Å². The van der Waals surface area contributed by atoms with Crippen molar-refractivity contribution in [2.75, 3.05) is 11.1 Å². The maximum Gasteiger partial charge on any atom is 0.183 e. The van der Waals surface area contributed by atoms with Gasteiger partial charge in [0.2, 0.25) is 0 Å². The third-order valence-electron chi connectivity index (χ3n) is 1.72. The monoisotopic (exact) mass is 257 g/mol. The Morgan fingerprint density at radius 2 is 2.62 bits per heavy atom. The minimum atomic E-state index is -0.219. The Bertz CT molecular complexity index is 416. The first-order chi connectivity index (χ1) is 7.90. The molecule has 0 fully saturated rings. The van der Waals surface area contributed by atoms with Crippen molar-refractivity contribution >= 4 is 28.4 Å². The van der Waals surface area contributed by atoms with E-state index >= 15 is 0 Å². The third kappa shape index (κ3) is 2.73. The van der Waals surface area contributed by atoms with Gasteiger partial charge >= 0.3 is 0 Å². The lowest BCUT2D eigenvalue weighted by Crippen LogP contribution is -2.14. The second-order valence-corrected chi connectivity index (χ2v) is 4.33. The maximum atomic E-state index is 10.1. The zero-order chi connectivity index (χ0) is 11.2. The normalized spacial score (nSPS) is 12.2. The number of nitrogens with one attached hydrogen (secondary N) is 2. The smallest absolute Gasteiger partial charge is 0.183 e. The summed E-state index contributed by atoms with van der Waals surface area (Å²) in [5.74, 6) is 0.978. The second-order valence-electron chi connectivity index (χ2n) is 2.69. The number of hydrogen-bond donors (Lipinski definition) is 2. The summed E-state index contributed by atoms with van der Waals surface area (Å²) in [6, 6.07) is -0.219. The Kier molecular flexibility index (Phi) is 3.77. The average molecular weight is 257 g/mol. The fourth-order valence-corrected chi connectivity index (χ4v) is 2.09. The van der Waals surface area contributed by atoms with Gasteiger partial charge in [0, 0.05) is 33.9 Å². The molecule has 0 saturated carbocycles. The number of thiazole rings is 1. The molecular weight excluding hydrogens is 250 g/mol. The number of hydrogen-bond acceptors (Lipinski definition) is 9. The van der Waals surface area contributed by atoms with Crippen LogP contribution in [0.25, 0.3) is 0 Å². The van der Waals surface area contributed by atoms with Crippen LogP contribution < -0.4 is 5.32 Å². The van der Waals surface area contributed by atoms with Gasteiger partial charge in [0.1, 0.15) is 6.04 Å². The highest BCUT2D eigenvalue weighted by Crippen LogP contribution is 2.22. The van der Waals surface area contributed by atoms with Gasteiger partial charge in [-0.25, -0.2) is 10.1 Å². The molecule has 16 heavy (non-hydrogen) atoms. The van der Waals surface area contributed by atoms with E-state index in [1.807, 2.05) is 5.38 Å². The number of nitroso groups, excluding NO2 is 1. The Morgan fingerprint density at radius 1 is 1.69 bits per heavy atom. The molecule has 0 aliphatic heterocycles. The SMILES string of the molecule is O=NSC[C@H](Nc1nccs1)c1nnn[nH]1. The number of aromatic nitrogens is 5. The highest BCUT2D eigenvalue weighted by molar-refractivity contribution is 7.97. The van der Waals surface area contributed by atoms with E-state index in [1.54, 1.807) is 6.20 Å². The highest BCUT2D eigenvalue weighted by Gasteiger charge is 2.16. The molecule has 10 heteroatoms. The Hall–Kier alpha value is -1.55. The predicted octanol–water partition coefficient (Wildman–Crippen LogP) is 1.22. The first-order valence-electron chi connectivity index (χ1n) is 4.24. The minimum absolute atomic E-state index is 0.219. The van der Waals surface area contributed by atoms with E-state index < -0.39 is 0 Å². The van der Waals surface area contributed by atoms with Crippen molar-refractivity contribution in [2.45, 2.75) is 6.04 Å². The molecule has 0 saturated heterocycles. The Morgan fingerprint density at radius 3 is 3.25 bits per heavy atom. The number of nitrogens with zero attached hydrogens (tertiary/aromatic N) is 5. The van der Waals surface area contributed by atoms with E-state index in [9.17, 15) is 4.91 Å². The summed E-state index contributed by atoms with van der Waals surface area (Å²) in [6.45, 7) is 0. The average Bonchev–Trinajstić information content (AvgIpc) is 2.96. The van der Waals surface area contributed by atoms with Crippen molar-refractivity contribution in [1.82, 2.24) is 25.6 Å². The predicted molar refractivity (Wildman–Crippen MR) is 60.9 cm³/mol. The molecule has 0 radical (unpaired) electrons. The molecule has 2 heterocycles. The Balaban J connectivity index is 2.05.